The molecule has 6 atom stereocenters. The molecular formula is C18H15ClN2O3. The van der Waals surface area contributed by atoms with Gasteiger partial charge in [-0.2, -0.15) is 5.01 Å². The van der Waals surface area contributed by atoms with Gasteiger partial charge in [-0.3, -0.25) is 19.8 Å². The molecule has 6 rings (SSSR count). The van der Waals surface area contributed by atoms with Crippen LogP contribution in [-0.4, -0.2) is 22.7 Å². The standard InChI is InChI=1S/C18H15ClN2O3/c19-13-4-2-1-3-10(13)16(22)20-21-17(23)14-8-5-6-9(12-7-11(8)12)15(14)18(21)24/h1-6,8-9,11-12,14-15H,7H2,(H,20,22)/t8-,9-,11-,12+,14+,15+/m0/s1. The maximum atomic E-state index is 12.8. The summed E-state index contributed by atoms with van der Waals surface area (Å²) in [5.41, 5.74) is 2.72. The number of nitrogens with zero attached hydrogens (tertiary/aromatic N) is 1. The minimum atomic E-state index is -0.536. The van der Waals surface area contributed by atoms with E-state index in [0.717, 1.165) is 11.4 Å². The fourth-order valence-electron chi connectivity index (χ4n) is 4.87. The van der Waals surface area contributed by atoms with Crippen molar-refractivity contribution in [3.8, 4) is 0 Å². The van der Waals surface area contributed by atoms with Crippen molar-refractivity contribution in [1.82, 2.24) is 10.4 Å². The summed E-state index contributed by atoms with van der Waals surface area (Å²) in [7, 11) is 0. The van der Waals surface area contributed by atoms with E-state index >= 15 is 0 Å². The van der Waals surface area contributed by atoms with Gasteiger partial charge in [-0.05, 0) is 42.2 Å². The maximum Gasteiger partial charge on any atom is 0.271 e. The molecule has 4 aliphatic carbocycles. The molecule has 5 aliphatic rings. The predicted octanol–water partition coefficient (Wildman–Crippen LogP) is 2.04. The molecular weight excluding hydrogens is 328 g/mol. The van der Waals surface area contributed by atoms with E-state index in [0.29, 0.717) is 11.8 Å². The van der Waals surface area contributed by atoms with Crippen LogP contribution < -0.4 is 5.43 Å². The molecule has 1 heterocycles. The molecule has 1 saturated heterocycles. The van der Waals surface area contributed by atoms with Gasteiger partial charge < -0.3 is 0 Å². The maximum absolute atomic E-state index is 12.8. The van der Waals surface area contributed by atoms with E-state index in [1.54, 1.807) is 24.3 Å². The second-order valence-electron chi connectivity index (χ2n) is 7.09. The van der Waals surface area contributed by atoms with Crippen molar-refractivity contribution in [3.63, 3.8) is 0 Å². The number of amides is 3. The number of halogens is 1. The van der Waals surface area contributed by atoms with E-state index in [1.165, 1.54) is 0 Å². The smallest absolute Gasteiger partial charge is 0.271 e. The molecule has 1 aromatic carbocycles. The van der Waals surface area contributed by atoms with Crippen LogP contribution in [0.25, 0.3) is 0 Å². The summed E-state index contributed by atoms with van der Waals surface area (Å²) >= 11 is 6.02. The van der Waals surface area contributed by atoms with Crippen LogP contribution in [0, 0.1) is 35.5 Å². The van der Waals surface area contributed by atoms with Gasteiger partial charge in [0, 0.05) is 0 Å². The number of carbonyl (C=O) groups excluding carboxylic acids is 3. The van der Waals surface area contributed by atoms with Crippen molar-refractivity contribution >= 4 is 29.3 Å². The van der Waals surface area contributed by atoms with Gasteiger partial charge in [0.05, 0.1) is 22.4 Å². The normalized spacial score (nSPS) is 38.1. The van der Waals surface area contributed by atoms with Crippen LogP contribution in [0.4, 0.5) is 0 Å². The molecule has 6 heteroatoms. The monoisotopic (exact) mass is 342 g/mol. The molecule has 122 valence electrons. The lowest BCUT2D eigenvalue weighted by Crippen LogP contribution is -2.47. The van der Waals surface area contributed by atoms with Crippen molar-refractivity contribution in [2.24, 2.45) is 35.5 Å². The number of benzene rings is 1. The Bertz CT molecular complexity index is 784. The highest BCUT2D eigenvalue weighted by Crippen LogP contribution is 2.65. The van der Waals surface area contributed by atoms with Crippen LogP contribution in [0.1, 0.15) is 16.8 Å². The Hall–Kier alpha value is -2.14. The van der Waals surface area contributed by atoms with E-state index in [2.05, 4.69) is 17.6 Å². The molecule has 5 nitrogen and oxygen atoms in total. The van der Waals surface area contributed by atoms with Gasteiger partial charge in [0.1, 0.15) is 0 Å². The molecule has 3 amide bonds. The molecule has 1 aliphatic heterocycles. The summed E-state index contributed by atoms with van der Waals surface area (Å²) in [6.45, 7) is 0. The molecule has 1 N–H and O–H groups in total. The van der Waals surface area contributed by atoms with Crippen molar-refractivity contribution in [2.45, 2.75) is 6.42 Å². The van der Waals surface area contributed by atoms with Crippen LogP contribution >= 0.6 is 11.6 Å². The summed E-state index contributed by atoms with van der Waals surface area (Å²) in [5.74, 6) is -0.371. The average molecular weight is 343 g/mol. The minimum Gasteiger partial charge on any atom is -0.272 e. The first-order chi connectivity index (χ1) is 11.6. The van der Waals surface area contributed by atoms with Crippen LogP contribution in [-0.2, 0) is 9.59 Å². The van der Waals surface area contributed by atoms with Crippen LogP contribution in [0.3, 0.4) is 0 Å². The van der Waals surface area contributed by atoms with Gasteiger partial charge in [-0.15, -0.1) is 0 Å². The van der Waals surface area contributed by atoms with Gasteiger partial charge in [0.2, 0.25) is 0 Å². The second kappa shape index (κ2) is 4.70. The molecule has 2 saturated carbocycles. The zero-order valence-corrected chi connectivity index (χ0v) is 13.4. The summed E-state index contributed by atoms with van der Waals surface area (Å²) in [5, 5.41) is 1.22. The number of nitrogens with one attached hydrogen (secondary N) is 1. The Morgan fingerprint density at radius 1 is 1.04 bits per heavy atom. The second-order valence-corrected chi connectivity index (χ2v) is 7.49. The molecule has 3 fully saturated rings. The lowest BCUT2D eigenvalue weighted by atomic mass is 9.63. The number of carbonyl (C=O) groups is 3. The highest BCUT2D eigenvalue weighted by molar-refractivity contribution is 6.33. The van der Waals surface area contributed by atoms with Gasteiger partial charge in [-0.1, -0.05) is 35.9 Å². The van der Waals surface area contributed by atoms with Crippen molar-refractivity contribution in [1.29, 1.82) is 0 Å². The summed E-state index contributed by atoms with van der Waals surface area (Å²) < 4.78 is 0. The van der Waals surface area contributed by atoms with Crippen molar-refractivity contribution in [3.05, 3.63) is 47.0 Å². The first-order valence-electron chi connectivity index (χ1n) is 8.19. The van der Waals surface area contributed by atoms with E-state index in [9.17, 15) is 14.4 Å². The summed E-state index contributed by atoms with van der Waals surface area (Å²) in [6, 6.07) is 6.57. The lowest BCUT2D eigenvalue weighted by molar-refractivity contribution is -0.143. The number of hydrogen-bond donors (Lipinski definition) is 1. The van der Waals surface area contributed by atoms with Crippen LogP contribution in [0.15, 0.2) is 36.4 Å². The van der Waals surface area contributed by atoms with Gasteiger partial charge in [0.15, 0.2) is 0 Å². The zero-order chi connectivity index (χ0) is 16.6. The third kappa shape index (κ3) is 1.73. The predicted molar refractivity (Wildman–Crippen MR) is 85.5 cm³/mol. The third-order valence-electron chi connectivity index (χ3n) is 5.99. The van der Waals surface area contributed by atoms with Gasteiger partial charge in [0.25, 0.3) is 17.7 Å². The average Bonchev–Trinajstić information content (AvgIpc) is 3.36. The highest BCUT2D eigenvalue weighted by Gasteiger charge is 2.67. The van der Waals surface area contributed by atoms with Gasteiger partial charge >= 0.3 is 0 Å². The van der Waals surface area contributed by atoms with E-state index < -0.39 is 5.91 Å². The Kier molecular flexibility index (Phi) is 2.78. The van der Waals surface area contributed by atoms with E-state index in [-0.39, 0.29) is 46.1 Å². The Balaban J connectivity index is 1.43. The first kappa shape index (κ1) is 14.2. The minimum absolute atomic E-state index is 0.142. The van der Waals surface area contributed by atoms with E-state index in [4.69, 9.17) is 11.6 Å². The molecule has 0 radical (unpaired) electrons. The van der Waals surface area contributed by atoms with E-state index in [1.807, 2.05) is 0 Å². The zero-order valence-electron chi connectivity index (χ0n) is 12.7. The fraction of sp³-hybridized carbons (Fsp3) is 0.389. The van der Waals surface area contributed by atoms with Crippen LogP contribution in [0.5, 0.6) is 0 Å². The molecule has 0 aromatic heterocycles. The Morgan fingerprint density at radius 3 is 2.21 bits per heavy atom. The molecule has 0 spiro atoms. The Morgan fingerprint density at radius 2 is 1.62 bits per heavy atom. The number of imide groups is 1. The quantitative estimate of drug-likeness (QED) is 0.660. The lowest BCUT2D eigenvalue weighted by Gasteiger charge is -2.37. The topological polar surface area (TPSA) is 66.5 Å². The summed E-state index contributed by atoms with van der Waals surface area (Å²) in [6.07, 6.45) is 5.32. The first-order valence-corrected chi connectivity index (χ1v) is 8.57. The van der Waals surface area contributed by atoms with Crippen molar-refractivity contribution in [2.75, 3.05) is 0 Å². The molecule has 24 heavy (non-hydrogen) atoms. The fourth-order valence-corrected chi connectivity index (χ4v) is 5.10. The van der Waals surface area contributed by atoms with Crippen molar-refractivity contribution < 1.29 is 14.4 Å². The van der Waals surface area contributed by atoms with Gasteiger partial charge in [-0.25, -0.2) is 0 Å². The highest BCUT2D eigenvalue weighted by atomic mass is 35.5. The number of hydrogen-bond acceptors (Lipinski definition) is 3. The SMILES string of the molecule is O=C(NN1C(=O)[C@@H]2[C@H]3C=C[C@@H]([C@@H]4C[C@H]34)[C@H]2C1=O)c1ccccc1Cl. The molecule has 1 aromatic rings. The largest absolute Gasteiger partial charge is 0.272 e. The van der Waals surface area contributed by atoms with Crippen LogP contribution in [0.2, 0.25) is 5.02 Å². The summed E-state index contributed by atoms with van der Waals surface area (Å²) in [4.78, 5) is 38.0. The molecule has 0 unspecified atom stereocenters. The Labute approximate surface area is 143 Å². The number of hydrazine groups is 1. The third-order valence-corrected chi connectivity index (χ3v) is 6.32. The molecule has 2 bridgehead atoms. The number of allylic oxidation sites excluding steroid dienone is 2. The number of rotatable bonds is 2.